The number of nitrogens with zero attached hydrogens (tertiary/aromatic N) is 1. The molecule has 1 unspecified atom stereocenters. The van der Waals surface area contributed by atoms with Crippen LogP contribution < -0.4 is 10.2 Å². The normalized spacial score (nSPS) is 19.7. The first-order chi connectivity index (χ1) is 9.65. The summed E-state index contributed by atoms with van der Waals surface area (Å²) in [6, 6.07) is 7.63. The predicted octanol–water partition coefficient (Wildman–Crippen LogP) is 2.27. The van der Waals surface area contributed by atoms with E-state index in [9.17, 15) is 9.59 Å². The second kappa shape index (κ2) is 6.55. The van der Waals surface area contributed by atoms with Crippen LogP contribution in [0.25, 0.3) is 0 Å². The van der Waals surface area contributed by atoms with Gasteiger partial charge in [0.05, 0.1) is 0 Å². The third kappa shape index (κ3) is 3.18. The molecule has 1 aromatic carbocycles. The fourth-order valence-corrected chi connectivity index (χ4v) is 2.49. The maximum absolute atomic E-state index is 12.5. The van der Waals surface area contributed by atoms with Crippen molar-refractivity contribution >= 4 is 17.5 Å². The zero-order valence-electron chi connectivity index (χ0n) is 12.2. The first-order valence-corrected chi connectivity index (χ1v) is 7.35. The van der Waals surface area contributed by atoms with E-state index in [0.717, 1.165) is 18.5 Å². The van der Waals surface area contributed by atoms with Gasteiger partial charge < -0.3 is 10.2 Å². The van der Waals surface area contributed by atoms with Gasteiger partial charge in [0.25, 0.3) is 0 Å². The molecule has 1 N–H and O–H groups in total. The van der Waals surface area contributed by atoms with Crippen molar-refractivity contribution in [3.8, 4) is 0 Å². The molecule has 0 spiro atoms. The smallest absolute Gasteiger partial charge is 0.249 e. The largest absolute Gasteiger partial charge is 0.344 e. The van der Waals surface area contributed by atoms with Crippen LogP contribution in [0.15, 0.2) is 24.3 Å². The van der Waals surface area contributed by atoms with E-state index in [1.54, 1.807) is 4.90 Å². The molecule has 1 atom stereocenters. The summed E-state index contributed by atoms with van der Waals surface area (Å²) in [4.78, 5) is 26.0. The maximum atomic E-state index is 12.5. The lowest BCUT2D eigenvalue weighted by molar-refractivity contribution is -0.125. The minimum atomic E-state index is -0.388. The number of benzene rings is 1. The topological polar surface area (TPSA) is 49.4 Å². The average Bonchev–Trinajstić information content (AvgIpc) is 2.60. The minimum Gasteiger partial charge on any atom is -0.344 e. The van der Waals surface area contributed by atoms with Crippen molar-refractivity contribution in [2.45, 2.75) is 45.6 Å². The summed E-state index contributed by atoms with van der Waals surface area (Å²) in [6.07, 6.45) is 2.90. The molecule has 20 heavy (non-hydrogen) atoms. The number of anilines is 1. The van der Waals surface area contributed by atoms with Crippen LogP contribution in [0.3, 0.4) is 0 Å². The molecular formula is C16H22N2O2. The fourth-order valence-electron chi connectivity index (χ4n) is 2.49. The standard InChI is InChI=1S/C16H22N2O2/c1-3-5-14-16(20)18(11-10-15(19)17-14)13-8-6-12(4-2)7-9-13/h6-9,14H,3-5,10-11H2,1-2H3,(H,17,19). The number of hydrogen-bond donors (Lipinski definition) is 1. The van der Waals surface area contributed by atoms with E-state index < -0.39 is 0 Å². The van der Waals surface area contributed by atoms with Crippen LogP contribution in [-0.2, 0) is 16.0 Å². The van der Waals surface area contributed by atoms with E-state index in [1.807, 2.05) is 31.2 Å². The van der Waals surface area contributed by atoms with Crippen LogP contribution in [0.2, 0.25) is 0 Å². The Morgan fingerprint density at radius 2 is 1.90 bits per heavy atom. The van der Waals surface area contributed by atoms with E-state index in [4.69, 9.17) is 0 Å². The summed E-state index contributed by atoms with van der Waals surface area (Å²) in [6.45, 7) is 4.58. The number of rotatable bonds is 4. The first kappa shape index (κ1) is 14.6. The second-order valence-electron chi connectivity index (χ2n) is 5.17. The van der Waals surface area contributed by atoms with Crippen LogP contribution in [0.1, 0.15) is 38.7 Å². The van der Waals surface area contributed by atoms with Crippen LogP contribution >= 0.6 is 0 Å². The third-order valence-electron chi connectivity index (χ3n) is 3.70. The van der Waals surface area contributed by atoms with Gasteiger partial charge in [-0.15, -0.1) is 0 Å². The van der Waals surface area contributed by atoms with Crippen molar-refractivity contribution in [2.24, 2.45) is 0 Å². The summed E-state index contributed by atoms with van der Waals surface area (Å²) in [5.74, 6) is -0.0357. The summed E-state index contributed by atoms with van der Waals surface area (Å²) in [7, 11) is 0. The second-order valence-corrected chi connectivity index (χ2v) is 5.17. The molecule has 1 aliphatic rings. The van der Waals surface area contributed by atoms with E-state index >= 15 is 0 Å². The van der Waals surface area contributed by atoms with Crippen LogP contribution in [0.4, 0.5) is 5.69 Å². The molecule has 1 saturated heterocycles. The average molecular weight is 274 g/mol. The van der Waals surface area contributed by atoms with Gasteiger partial charge in [0, 0.05) is 18.7 Å². The maximum Gasteiger partial charge on any atom is 0.249 e. The zero-order chi connectivity index (χ0) is 14.5. The molecular weight excluding hydrogens is 252 g/mol. The van der Waals surface area contributed by atoms with Gasteiger partial charge in [-0.2, -0.15) is 0 Å². The molecule has 1 aromatic rings. The number of carbonyl (C=O) groups excluding carboxylic acids is 2. The fraction of sp³-hybridized carbons (Fsp3) is 0.500. The lowest BCUT2D eigenvalue weighted by Crippen LogP contribution is -2.44. The van der Waals surface area contributed by atoms with Gasteiger partial charge in [-0.05, 0) is 30.5 Å². The van der Waals surface area contributed by atoms with Crippen molar-refractivity contribution in [2.75, 3.05) is 11.4 Å². The molecule has 0 aliphatic carbocycles. The van der Waals surface area contributed by atoms with E-state index in [1.165, 1.54) is 5.56 Å². The van der Waals surface area contributed by atoms with E-state index in [-0.39, 0.29) is 17.9 Å². The Morgan fingerprint density at radius 3 is 2.50 bits per heavy atom. The highest BCUT2D eigenvalue weighted by atomic mass is 16.2. The third-order valence-corrected chi connectivity index (χ3v) is 3.70. The molecule has 0 bridgehead atoms. The van der Waals surface area contributed by atoms with Gasteiger partial charge >= 0.3 is 0 Å². The number of amides is 2. The monoisotopic (exact) mass is 274 g/mol. The summed E-state index contributed by atoms with van der Waals surface area (Å²) in [5, 5.41) is 2.82. The van der Waals surface area contributed by atoms with Gasteiger partial charge in [-0.3, -0.25) is 9.59 Å². The highest BCUT2D eigenvalue weighted by molar-refractivity contribution is 6.01. The van der Waals surface area contributed by atoms with Crippen molar-refractivity contribution in [3.05, 3.63) is 29.8 Å². The highest BCUT2D eigenvalue weighted by Crippen LogP contribution is 2.20. The Bertz CT molecular complexity index is 482. The number of aryl methyl sites for hydroxylation is 1. The SMILES string of the molecule is CCCC1NC(=O)CCN(c2ccc(CC)cc2)C1=O. The van der Waals surface area contributed by atoms with Gasteiger partial charge in [-0.1, -0.05) is 32.4 Å². The molecule has 108 valence electrons. The molecule has 1 heterocycles. The Kier molecular flexibility index (Phi) is 4.77. The Hall–Kier alpha value is -1.84. The molecule has 2 rings (SSSR count). The van der Waals surface area contributed by atoms with Crippen LogP contribution in [0.5, 0.6) is 0 Å². The van der Waals surface area contributed by atoms with Gasteiger partial charge in [0.1, 0.15) is 6.04 Å². The summed E-state index contributed by atoms with van der Waals surface area (Å²) >= 11 is 0. The van der Waals surface area contributed by atoms with Crippen molar-refractivity contribution in [1.29, 1.82) is 0 Å². The van der Waals surface area contributed by atoms with E-state index in [0.29, 0.717) is 19.4 Å². The summed E-state index contributed by atoms with van der Waals surface area (Å²) in [5.41, 5.74) is 2.13. The molecule has 4 nitrogen and oxygen atoms in total. The first-order valence-electron chi connectivity index (χ1n) is 7.35. The molecule has 2 amide bonds. The highest BCUT2D eigenvalue weighted by Gasteiger charge is 2.29. The molecule has 1 fully saturated rings. The van der Waals surface area contributed by atoms with Gasteiger partial charge in [0.15, 0.2) is 0 Å². The van der Waals surface area contributed by atoms with Crippen molar-refractivity contribution < 1.29 is 9.59 Å². The molecule has 0 radical (unpaired) electrons. The Labute approximate surface area is 120 Å². The Balaban J connectivity index is 2.23. The summed E-state index contributed by atoms with van der Waals surface area (Å²) < 4.78 is 0. The quantitative estimate of drug-likeness (QED) is 0.915. The van der Waals surface area contributed by atoms with Gasteiger partial charge in [0.2, 0.25) is 11.8 Å². The lowest BCUT2D eigenvalue weighted by atomic mass is 10.1. The molecule has 0 saturated carbocycles. The Morgan fingerprint density at radius 1 is 1.20 bits per heavy atom. The number of nitrogens with one attached hydrogen (secondary N) is 1. The lowest BCUT2D eigenvalue weighted by Gasteiger charge is -2.24. The number of carbonyl (C=O) groups is 2. The minimum absolute atomic E-state index is 0.00180. The van der Waals surface area contributed by atoms with Crippen LogP contribution in [0, 0.1) is 0 Å². The number of hydrogen-bond acceptors (Lipinski definition) is 2. The predicted molar refractivity (Wildman–Crippen MR) is 79.6 cm³/mol. The zero-order valence-corrected chi connectivity index (χ0v) is 12.2. The molecule has 1 aliphatic heterocycles. The van der Waals surface area contributed by atoms with Gasteiger partial charge in [-0.25, -0.2) is 0 Å². The molecule has 0 aromatic heterocycles. The van der Waals surface area contributed by atoms with Crippen molar-refractivity contribution in [3.63, 3.8) is 0 Å². The van der Waals surface area contributed by atoms with E-state index in [2.05, 4.69) is 12.2 Å². The van der Waals surface area contributed by atoms with Crippen LogP contribution in [-0.4, -0.2) is 24.4 Å². The molecule has 4 heteroatoms. The van der Waals surface area contributed by atoms with Crippen molar-refractivity contribution in [1.82, 2.24) is 5.32 Å².